The maximum Gasteiger partial charge on any atom is 0.500 e. The normalized spacial score (nSPS) is 19.5. The molecule has 0 atom stereocenters. The average molecular weight is 451 g/mol. The first kappa shape index (κ1) is 26.4. The molecule has 31 heavy (non-hydrogen) atoms. The molecular formula is C26H46O4Si. The zero-order chi connectivity index (χ0) is 22.4. The Morgan fingerprint density at radius 1 is 0.774 bits per heavy atom. The largest absolute Gasteiger partial charge is 0.500 e. The minimum Gasteiger partial charge on any atom is -0.494 e. The fraction of sp³-hybridized carbons (Fsp3) is 0.769. The van der Waals surface area contributed by atoms with Crippen molar-refractivity contribution in [3.8, 4) is 5.75 Å². The van der Waals surface area contributed by atoms with Crippen LogP contribution in [0.15, 0.2) is 24.3 Å². The van der Waals surface area contributed by atoms with E-state index in [0.717, 1.165) is 30.1 Å². The molecule has 1 aromatic rings. The smallest absolute Gasteiger partial charge is 0.494 e. The average Bonchev–Trinajstić information content (AvgIpc) is 2.83. The van der Waals surface area contributed by atoms with E-state index in [1.165, 1.54) is 76.2 Å². The van der Waals surface area contributed by atoms with E-state index in [-0.39, 0.29) is 0 Å². The van der Waals surface area contributed by atoms with Crippen molar-refractivity contribution in [3.63, 3.8) is 0 Å². The van der Waals surface area contributed by atoms with E-state index in [0.29, 0.717) is 6.61 Å². The number of ether oxygens (including phenoxy) is 1. The molecular weight excluding hydrogens is 404 g/mol. The molecule has 1 fully saturated rings. The molecule has 0 N–H and O–H groups in total. The van der Waals surface area contributed by atoms with Crippen LogP contribution in [0.4, 0.5) is 0 Å². The van der Waals surface area contributed by atoms with Crippen LogP contribution in [0.25, 0.3) is 0 Å². The van der Waals surface area contributed by atoms with Gasteiger partial charge in [0.2, 0.25) is 0 Å². The monoisotopic (exact) mass is 450 g/mol. The van der Waals surface area contributed by atoms with Crippen molar-refractivity contribution in [2.75, 3.05) is 27.9 Å². The van der Waals surface area contributed by atoms with E-state index in [4.69, 9.17) is 18.0 Å². The molecule has 0 radical (unpaired) electrons. The van der Waals surface area contributed by atoms with Gasteiger partial charge in [0.15, 0.2) is 0 Å². The summed E-state index contributed by atoms with van der Waals surface area (Å²) in [6, 6.07) is 9.56. The van der Waals surface area contributed by atoms with Crippen molar-refractivity contribution in [3.05, 3.63) is 29.8 Å². The van der Waals surface area contributed by atoms with Gasteiger partial charge in [0.1, 0.15) is 5.75 Å². The van der Waals surface area contributed by atoms with Crippen LogP contribution in [0.3, 0.4) is 0 Å². The van der Waals surface area contributed by atoms with E-state index in [9.17, 15) is 0 Å². The summed E-state index contributed by atoms with van der Waals surface area (Å²) in [5.41, 5.74) is 1.48. The first-order valence-electron chi connectivity index (χ1n) is 12.5. The summed E-state index contributed by atoms with van der Waals surface area (Å²) in [4.78, 5) is 0. The van der Waals surface area contributed by atoms with Crippen LogP contribution in [0.5, 0.6) is 5.75 Å². The summed E-state index contributed by atoms with van der Waals surface area (Å²) in [7, 11) is 2.47. The molecule has 0 aromatic heterocycles. The predicted octanol–water partition coefficient (Wildman–Crippen LogP) is 7.36. The molecule has 4 nitrogen and oxygen atoms in total. The molecule has 1 aliphatic rings. The zero-order valence-electron chi connectivity index (χ0n) is 20.5. The van der Waals surface area contributed by atoms with Crippen LogP contribution in [0.2, 0.25) is 6.04 Å². The fourth-order valence-electron chi connectivity index (χ4n) is 4.87. The summed E-state index contributed by atoms with van der Waals surface area (Å²) in [6.45, 7) is 2.94. The van der Waals surface area contributed by atoms with E-state index in [1.807, 2.05) is 0 Å². The maximum absolute atomic E-state index is 5.93. The molecule has 0 aliphatic heterocycles. The van der Waals surface area contributed by atoms with Gasteiger partial charge in [-0.2, -0.15) is 0 Å². The Labute approximate surface area is 192 Å². The first-order valence-corrected chi connectivity index (χ1v) is 14.5. The second-order valence-corrected chi connectivity index (χ2v) is 12.2. The Morgan fingerprint density at radius 2 is 1.39 bits per heavy atom. The second kappa shape index (κ2) is 15.0. The molecule has 0 amide bonds. The lowest BCUT2D eigenvalue weighted by Gasteiger charge is -2.29. The van der Waals surface area contributed by atoms with Gasteiger partial charge in [-0.05, 0) is 61.6 Å². The summed E-state index contributed by atoms with van der Waals surface area (Å²) in [6.07, 6.45) is 16.3. The third-order valence-electron chi connectivity index (χ3n) is 6.99. The minimum atomic E-state index is -2.49. The van der Waals surface area contributed by atoms with Crippen LogP contribution < -0.4 is 4.74 Å². The SMILES string of the molecule is CCCCCCCCC1CCC(c2ccc(OCCC[Si](OC)(OC)OC)cc2)CC1. The fourth-order valence-corrected chi connectivity index (χ4v) is 6.56. The summed E-state index contributed by atoms with van der Waals surface area (Å²) < 4.78 is 22.3. The van der Waals surface area contributed by atoms with Crippen molar-refractivity contribution < 1.29 is 18.0 Å². The Bertz CT molecular complexity index is 557. The number of benzene rings is 1. The van der Waals surface area contributed by atoms with E-state index < -0.39 is 8.80 Å². The quantitative estimate of drug-likeness (QED) is 0.195. The van der Waals surface area contributed by atoms with Crippen LogP contribution in [0.1, 0.15) is 95.5 Å². The van der Waals surface area contributed by atoms with Gasteiger partial charge in [-0.3, -0.25) is 0 Å². The lowest BCUT2D eigenvalue weighted by atomic mass is 9.77. The van der Waals surface area contributed by atoms with Crippen LogP contribution in [0, 0.1) is 5.92 Å². The Hall–Kier alpha value is -0.883. The zero-order valence-corrected chi connectivity index (χ0v) is 21.5. The second-order valence-electron chi connectivity index (χ2n) is 9.09. The highest BCUT2D eigenvalue weighted by Gasteiger charge is 2.36. The van der Waals surface area contributed by atoms with Crippen LogP contribution in [-0.4, -0.2) is 36.7 Å². The van der Waals surface area contributed by atoms with Gasteiger partial charge < -0.3 is 18.0 Å². The standard InChI is InChI=1S/C26H46O4Si/c1-5-6-7-8-9-10-12-23-13-15-24(16-14-23)25-17-19-26(20-18-25)30-21-11-22-31(27-2,28-3)29-4/h17-20,23-24H,5-16,21-22H2,1-4H3. The van der Waals surface area contributed by atoms with Crippen molar-refractivity contribution in [1.82, 2.24) is 0 Å². The summed E-state index contributed by atoms with van der Waals surface area (Å²) in [5, 5.41) is 0. The van der Waals surface area contributed by atoms with Crippen molar-refractivity contribution in [2.24, 2.45) is 5.92 Å². The molecule has 0 bridgehead atoms. The molecule has 0 unspecified atom stereocenters. The first-order chi connectivity index (χ1) is 15.2. The third kappa shape index (κ3) is 9.25. The maximum atomic E-state index is 5.93. The van der Waals surface area contributed by atoms with Gasteiger partial charge in [-0.15, -0.1) is 0 Å². The van der Waals surface area contributed by atoms with Gasteiger partial charge in [-0.1, -0.05) is 64.0 Å². The van der Waals surface area contributed by atoms with Crippen molar-refractivity contribution >= 4 is 8.80 Å². The minimum absolute atomic E-state index is 0.647. The van der Waals surface area contributed by atoms with Gasteiger partial charge in [0, 0.05) is 27.4 Å². The number of unbranched alkanes of at least 4 members (excludes halogenated alkanes) is 5. The van der Waals surface area contributed by atoms with Crippen LogP contribution >= 0.6 is 0 Å². The predicted molar refractivity (Wildman–Crippen MR) is 131 cm³/mol. The van der Waals surface area contributed by atoms with Crippen molar-refractivity contribution in [2.45, 2.75) is 95.9 Å². The van der Waals surface area contributed by atoms with Crippen LogP contribution in [-0.2, 0) is 13.3 Å². The Morgan fingerprint density at radius 3 is 2.00 bits per heavy atom. The van der Waals surface area contributed by atoms with E-state index >= 15 is 0 Å². The number of rotatable bonds is 16. The Kier molecular flexibility index (Phi) is 12.8. The lowest BCUT2D eigenvalue weighted by molar-refractivity contribution is 0.121. The van der Waals surface area contributed by atoms with E-state index in [1.54, 1.807) is 21.3 Å². The highest BCUT2D eigenvalue weighted by Crippen LogP contribution is 2.38. The molecule has 1 saturated carbocycles. The van der Waals surface area contributed by atoms with E-state index in [2.05, 4.69) is 31.2 Å². The molecule has 0 spiro atoms. The highest BCUT2D eigenvalue weighted by molar-refractivity contribution is 6.60. The molecule has 2 rings (SSSR count). The molecule has 0 heterocycles. The van der Waals surface area contributed by atoms with Gasteiger partial charge in [0.05, 0.1) is 6.61 Å². The molecule has 178 valence electrons. The molecule has 0 saturated heterocycles. The molecule has 5 heteroatoms. The summed E-state index contributed by atoms with van der Waals surface area (Å²) in [5.74, 6) is 2.64. The molecule has 1 aliphatic carbocycles. The third-order valence-corrected chi connectivity index (χ3v) is 9.83. The topological polar surface area (TPSA) is 36.9 Å². The molecule has 1 aromatic carbocycles. The van der Waals surface area contributed by atoms with Crippen molar-refractivity contribution in [1.29, 1.82) is 0 Å². The summed E-state index contributed by atoms with van der Waals surface area (Å²) >= 11 is 0. The van der Waals surface area contributed by atoms with Gasteiger partial charge in [-0.25, -0.2) is 0 Å². The number of hydrogen-bond acceptors (Lipinski definition) is 4. The lowest BCUT2D eigenvalue weighted by Crippen LogP contribution is -2.42. The van der Waals surface area contributed by atoms with Gasteiger partial charge >= 0.3 is 8.80 Å². The van der Waals surface area contributed by atoms with Gasteiger partial charge in [0.25, 0.3) is 0 Å². The number of hydrogen-bond donors (Lipinski definition) is 0. The Balaban J connectivity index is 1.64. The highest BCUT2D eigenvalue weighted by atomic mass is 28.4.